The summed E-state index contributed by atoms with van der Waals surface area (Å²) >= 11 is 3.16. The van der Waals surface area contributed by atoms with Crippen LogP contribution in [0.4, 0.5) is 26.3 Å². The van der Waals surface area contributed by atoms with E-state index in [1.165, 1.54) is 15.8 Å². The molecule has 0 aliphatic carbocycles. The van der Waals surface area contributed by atoms with Gasteiger partial charge in [-0.25, -0.2) is 0 Å². The zero-order chi connectivity index (χ0) is 56.6. The number of benzene rings is 6. The van der Waals surface area contributed by atoms with Crippen molar-refractivity contribution in [2.75, 3.05) is 0 Å². The molecule has 3 heterocycles. The molecule has 3 aromatic heterocycles. The molecule has 9 aromatic rings. The van der Waals surface area contributed by atoms with Gasteiger partial charge in [-0.3, -0.25) is 55.3 Å². The molecule has 0 unspecified atom stereocenters. The SMILES string of the molecule is CC(C)Cn1nc(Br)nc1-c1[c-]cc(F)cc1F.CCCc1nc(-c2[c-]cc(F)cc2F)n(C)n1.CCCc1nc(-c2[c-]cc(F)cc2F)n(Cc2cc(-c3ccc(C(C)(C)C)cc3)cc(-c3ccc(C(C)(C)C)cc3)c2)n1.[Ir].[Ir].[Ir]. The molecule has 0 fully saturated rings. The molecule has 435 valence electrons. The molecule has 0 saturated heterocycles. The number of rotatable bonds is 13. The van der Waals surface area contributed by atoms with E-state index in [0.29, 0.717) is 59.3 Å². The molecule has 0 aliphatic heterocycles. The Morgan fingerprint density at radius 1 is 0.506 bits per heavy atom. The fourth-order valence-corrected chi connectivity index (χ4v) is 8.79. The van der Waals surface area contributed by atoms with E-state index in [4.69, 9.17) is 5.10 Å². The van der Waals surface area contributed by atoms with E-state index in [-0.39, 0.29) is 87.8 Å². The summed E-state index contributed by atoms with van der Waals surface area (Å²) in [4.78, 5) is 13.0. The van der Waals surface area contributed by atoms with Crippen molar-refractivity contribution in [2.24, 2.45) is 13.0 Å². The summed E-state index contributed by atoms with van der Waals surface area (Å²) in [5.74, 6) is -1.39. The van der Waals surface area contributed by atoms with E-state index in [0.717, 1.165) is 83.5 Å². The average molecular weight is 1700 g/mol. The smallest absolute Gasteiger partial charge is 0.207 e. The summed E-state index contributed by atoms with van der Waals surface area (Å²) in [7, 11) is 1.68. The third-order valence-corrected chi connectivity index (χ3v) is 12.7. The summed E-state index contributed by atoms with van der Waals surface area (Å²) in [5, 5.41) is 13.0. The van der Waals surface area contributed by atoms with E-state index in [2.05, 4.69) is 174 Å². The molecule has 9 rings (SSSR count). The third-order valence-electron chi connectivity index (χ3n) is 12.4. The van der Waals surface area contributed by atoms with Crippen LogP contribution in [0.25, 0.3) is 56.4 Å². The van der Waals surface area contributed by atoms with Crippen LogP contribution in [0.15, 0.2) is 108 Å². The molecule has 0 amide bonds. The molecule has 0 aliphatic rings. The summed E-state index contributed by atoms with van der Waals surface area (Å²) in [6, 6.07) is 37.7. The number of halogens is 7. The van der Waals surface area contributed by atoms with Crippen molar-refractivity contribution in [3.05, 3.63) is 189 Å². The van der Waals surface area contributed by atoms with Crippen LogP contribution in [0, 0.1) is 59.0 Å². The number of nitrogens with zero attached hydrogens (tertiary/aromatic N) is 9. The Kier molecular flexibility index (Phi) is 25.1. The zero-order valence-electron chi connectivity index (χ0n) is 46.8. The van der Waals surface area contributed by atoms with Crippen molar-refractivity contribution in [1.29, 1.82) is 0 Å². The molecule has 19 heteroatoms. The Morgan fingerprint density at radius 2 is 0.901 bits per heavy atom. The second kappa shape index (κ2) is 29.8. The van der Waals surface area contributed by atoms with Gasteiger partial charge in [0.2, 0.25) is 4.73 Å². The van der Waals surface area contributed by atoms with Crippen molar-refractivity contribution >= 4 is 15.9 Å². The Labute approximate surface area is 520 Å². The topological polar surface area (TPSA) is 92.1 Å². The van der Waals surface area contributed by atoms with Crippen LogP contribution in [-0.4, -0.2) is 44.3 Å². The molecule has 3 radical (unpaired) electrons. The number of hydrogen-bond acceptors (Lipinski definition) is 6. The number of aryl methyl sites for hydroxylation is 3. The van der Waals surface area contributed by atoms with Gasteiger partial charge in [-0.1, -0.05) is 153 Å². The fraction of sp³-hybridized carbons (Fsp3) is 0.323. The molecule has 0 bridgehead atoms. The molecule has 0 atom stereocenters. The van der Waals surface area contributed by atoms with Crippen LogP contribution in [0.3, 0.4) is 0 Å². The molecule has 0 spiro atoms. The second-order valence-corrected chi connectivity index (χ2v) is 22.2. The Bertz CT molecular complexity index is 3420. The molecule has 6 aromatic carbocycles. The maximum Gasteiger partial charge on any atom is 0.207 e. The van der Waals surface area contributed by atoms with E-state index in [1.807, 2.05) is 20.8 Å². The van der Waals surface area contributed by atoms with Gasteiger partial charge in [0, 0.05) is 122 Å². The van der Waals surface area contributed by atoms with Gasteiger partial charge in [-0.05, 0) is 103 Å². The molecular weight excluding hydrogens is 1640 g/mol. The Balaban J connectivity index is 0.000000306. The third kappa shape index (κ3) is 18.1. The van der Waals surface area contributed by atoms with Crippen LogP contribution >= 0.6 is 15.9 Å². The summed E-state index contributed by atoms with van der Waals surface area (Å²) in [6.07, 6.45) is 3.16. The van der Waals surface area contributed by atoms with E-state index in [1.54, 1.807) is 16.4 Å². The van der Waals surface area contributed by atoms with Crippen molar-refractivity contribution in [3.8, 4) is 56.4 Å². The van der Waals surface area contributed by atoms with Gasteiger partial charge in [0.05, 0.1) is 24.0 Å². The van der Waals surface area contributed by atoms with Crippen LogP contribution in [0.2, 0.25) is 0 Å². The standard InChI is InChI=1S/C38H40F2N3.C12H11BrF2N3.C12H12F2N3.3Ir/c1-8-9-35-41-36(33-19-18-32(39)23-34(33)40)43(42-35)24-25-20-28(26-10-14-30(15-11-26)37(2,3)4)22-29(21-25)27-12-16-31(17-13-27)38(5,6)7;1-7(2)6-18-11(16-12(13)17-18)9-4-3-8(14)5-10(9)15;1-3-4-11-15-12(17(2)16-11)9-6-5-8(13)7-10(9)14;;;/h10-18,20-23H,8-9,24H2,1-7H3;3,5,7H,6H2,1-2H3;5,7H,3-4H2,1-2H3;;;/q3*-1;;;. The molecular formula is C62H63BrF6Ir3N9-3. The predicted molar refractivity (Wildman–Crippen MR) is 298 cm³/mol. The Morgan fingerprint density at radius 3 is 1.30 bits per heavy atom. The van der Waals surface area contributed by atoms with Crippen LogP contribution in [0.1, 0.15) is 110 Å². The Hall–Kier alpha value is -5.25. The van der Waals surface area contributed by atoms with Crippen LogP contribution in [0.5, 0.6) is 0 Å². The summed E-state index contributed by atoms with van der Waals surface area (Å²) in [5.41, 5.74) is 8.46. The fourth-order valence-electron chi connectivity index (χ4n) is 8.43. The number of hydrogen-bond donors (Lipinski definition) is 0. The molecule has 9 nitrogen and oxygen atoms in total. The van der Waals surface area contributed by atoms with Crippen LogP contribution < -0.4 is 0 Å². The van der Waals surface area contributed by atoms with Gasteiger partial charge in [-0.2, -0.15) is 15.3 Å². The van der Waals surface area contributed by atoms with Gasteiger partial charge in [0.25, 0.3) is 0 Å². The van der Waals surface area contributed by atoms with Gasteiger partial charge in [0.15, 0.2) is 0 Å². The quantitative estimate of drug-likeness (QED) is 0.0844. The van der Waals surface area contributed by atoms with E-state index in [9.17, 15) is 26.3 Å². The first kappa shape index (κ1) is 68.2. The van der Waals surface area contributed by atoms with Crippen molar-refractivity contribution < 1.29 is 86.7 Å². The van der Waals surface area contributed by atoms with Crippen molar-refractivity contribution in [1.82, 2.24) is 44.3 Å². The minimum absolute atomic E-state index is 0. The summed E-state index contributed by atoms with van der Waals surface area (Å²) < 4.78 is 86.7. The van der Waals surface area contributed by atoms with Crippen molar-refractivity contribution in [2.45, 2.75) is 119 Å². The maximum absolute atomic E-state index is 14.9. The average Bonchev–Trinajstić information content (AvgIpc) is 4.06. The minimum atomic E-state index is -0.705. The second-order valence-electron chi connectivity index (χ2n) is 21.5. The first-order valence-electron chi connectivity index (χ1n) is 25.8. The zero-order valence-corrected chi connectivity index (χ0v) is 55.6. The number of aromatic nitrogens is 9. The van der Waals surface area contributed by atoms with Gasteiger partial charge in [-0.15, -0.1) is 36.4 Å². The first-order chi connectivity index (χ1) is 36.9. The maximum atomic E-state index is 14.9. The van der Waals surface area contributed by atoms with E-state index < -0.39 is 34.9 Å². The minimum Gasteiger partial charge on any atom is -0.289 e. The molecule has 0 saturated carbocycles. The van der Waals surface area contributed by atoms with Gasteiger partial charge in [0.1, 0.15) is 11.6 Å². The first-order valence-corrected chi connectivity index (χ1v) is 26.6. The largest absolute Gasteiger partial charge is 0.289 e. The monoisotopic (exact) mass is 1710 g/mol. The predicted octanol–water partition coefficient (Wildman–Crippen LogP) is 15.9. The normalized spacial score (nSPS) is 11.2. The van der Waals surface area contributed by atoms with Gasteiger partial charge < -0.3 is 0 Å². The van der Waals surface area contributed by atoms with E-state index >= 15 is 0 Å². The molecule has 81 heavy (non-hydrogen) atoms. The van der Waals surface area contributed by atoms with Gasteiger partial charge >= 0.3 is 0 Å². The van der Waals surface area contributed by atoms with Crippen LogP contribution in [-0.2, 0) is 104 Å². The molecule has 0 N–H and O–H groups in total. The summed E-state index contributed by atoms with van der Waals surface area (Å²) in [6.45, 7) is 22.4. The van der Waals surface area contributed by atoms with Crippen molar-refractivity contribution in [3.63, 3.8) is 0 Å².